The van der Waals surface area contributed by atoms with Gasteiger partial charge in [0.25, 0.3) is 0 Å². The monoisotopic (exact) mass is 306 g/mol. The van der Waals surface area contributed by atoms with Crippen molar-refractivity contribution >= 4 is 29.1 Å². The number of Topliss-reactive ketones (excluding diaryl/α,β-unsaturated/α-hetero) is 1. The lowest BCUT2D eigenvalue weighted by Crippen LogP contribution is -2.28. The van der Waals surface area contributed by atoms with Crippen LogP contribution in [0.3, 0.4) is 0 Å². The summed E-state index contributed by atoms with van der Waals surface area (Å²) in [5, 5.41) is 11.6. The SMILES string of the molecule is CCSCCC(=O)C(C#N)C(=O)Nc1ccc(OC)cc1. The highest BCUT2D eigenvalue weighted by Crippen LogP contribution is 2.16. The molecule has 1 N–H and O–H groups in total. The van der Waals surface area contributed by atoms with Crippen molar-refractivity contribution in [3.05, 3.63) is 24.3 Å². The molecule has 0 bridgehead atoms. The number of hydrogen-bond acceptors (Lipinski definition) is 5. The molecule has 1 amide bonds. The third kappa shape index (κ3) is 5.48. The van der Waals surface area contributed by atoms with Gasteiger partial charge in [0.1, 0.15) is 5.75 Å². The maximum atomic E-state index is 12.0. The second kappa shape index (κ2) is 9.03. The normalized spacial score (nSPS) is 11.3. The summed E-state index contributed by atoms with van der Waals surface area (Å²) in [6.07, 6.45) is 0.229. The second-order valence-corrected chi connectivity index (χ2v) is 5.59. The van der Waals surface area contributed by atoms with Crippen molar-refractivity contribution < 1.29 is 14.3 Å². The van der Waals surface area contributed by atoms with Crippen LogP contribution in [0.1, 0.15) is 13.3 Å². The summed E-state index contributed by atoms with van der Waals surface area (Å²) in [4.78, 5) is 23.8. The molecule has 0 aliphatic carbocycles. The van der Waals surface area contributed by atoms with Gasteiger partial charge in [-0.15, -0.1) is 0 Å². The molecule has 0 spiro atoms. The minimum absolute atomic E-state index is 0.229. The summed E-state index contributed by atoms with van der Waals surface area (Å²) in [7, 11) is 1.55. The number of nitriles is 1. The van der Waals surface area contributed by atoms with Gasteiger partial charge < -0.3 is 10.1 Å². The third-order valence-electron chi connectivity index (χ3n) is 2.77. The van der Waals surface area contributed by atoms with E-state index in [1.54, 1.807) is 49.2 Å². The number of hydrogen-bond donors (Lipinski definition) is 1. The van der Waals surface area contributed by atoms with E-state index in [2.05, 4.69) is 5.32 Å². The Bertz CT molecular complexity index is 523. The van der Waals surface area contributed by atoms with Crippen LogP contribution in [0.2, 0.25) is 0 Å². The van der Waals surface area contributed by atoms with Crippen molar-refractivity contribution in [1.82, 2.24) is 0 Å². The second-order valence-electron chi connectivity index (χ2n) is 4.19. The van der Waals surface area contributed by atoms with E-state index < -0.39 is 11.8 Å². The molecule has 1 unspecified atom stereocenters. The van der Waals surface area contributed by atoms with Crippen molar-refractivity contribution in [3.8, 4) is 11.8 Å². The van der Waals surface area contributed by atoms with Gasteiger partial charge in [-0.2, -0.15) is 17.0 Å². The van der Waals surface area contributed by atoms with Gasteiger partial charge in [-0.3, -0.25) is 9.59 Å². The number of nitrogens with one attached hydrogen (secondary N) is 1. The van der Waals surface area contributed by atoms with E-state index in [0.29, 0.717) is 17.2 Å². The smallest absolute Gasteiger partial charge is 0.249 e. The number of thioether (sulfide) groups is 1. The predicted molar refractivity (Wildman–Crippen MR) is 83.3 cm³/mol. The summed E-state index contributed by atoms with van der Waals surface area (Å²) in [5.41, 5.74) is 0.525. The fourth-order valence-electron chi connectivity index (χ4n) is 1.63. The van der Waals surface area contributed by atoms with E-state index in [9.17, 15) is 9.59 Å². The maximum absolute atomic E-state index is 12.0. The highest BCUT2D eigenvalue weighted by molar-refractivity contribution is 7.99. The van der Waals surface area contributed by atoms with Crippen molar-refractivity contribution in [3.63, 3.8) is 0 Å². The molecule has 0 aliphatic heterocycles. The predicted octanol–water partition coefficient (Wildman–Crippen LogP) is 2.49. The van der Waals surface area contributed by atoms with E-state index >= 15 is 0 Å². The van der Waals surface area contributed by atoms with Crippen LogP contribution < -0.4 is 10.1 Å². The van der Waals surface area contributed by atoms with Crippen LogP contribution in [0, 0.1) is 17.2 Å². The third-order valence-corrected chi connectivity index (χ3v) is 3.67. The molecule has 0 aliphatic rings. The molecule has 5 nitrogen and oxygen atoms in total. The number of nitrogens with zero attached hydrogens (tertiary/aromatic N) is 1. The Morgan fingerprint density at radius 1 is 1.38 bits per heavy atom. The van der Waals surface area contributed by atoms with Crippen LogP contribution in [0.5, 0.6) is 5.75 Å². The fourth-order valence-corrected chi connectivity index (χ4v) is 2.26. The van der Waals surface area contributed by atoms with Gasteiger partial charge in [-0.1, -0.05) is 6.92 Å². The molecule has 112 valence electrons. The van der Waals surface area contributed by atoms with Crippen LogP contribution in [0.15, 0.2) is 24.3 Å². The average molecular weight is 306 g/mol. The molecule has 0 radical (unpaired) electrons. The van der Waals surface area contributed by atoms with Crippen LogP contribution >= 0.6 is 11.8 Å². The van der Waals surface area contributed by atoms with Crippen LogP contribution in [-0.4, -0.2) is 30.3 Å². The molecule has 0 aromatic heterocycles. The quantitative estimate of drug-likeness (QED) is 0.589. The molecular formula is C15H18N2O3S. The molecule has 21 heavy (non-hydrogen) atoms. The first kappa shape index (κ1) is 17.1. The van der Waals surface area contributed by atoms with Crippen molar-refractivity contribution in [1.29, 1.82) is 5.26 Å². The Kier molecular flexibility index (Phi) is 7.33. The number of carbonyl (C=O) groups is 2. The summed E-state index contributed by atoms with van der Waals surface area (Å²) >= 11 is 1.61. The van der Waals surface area contributed by atoms with Gasteiger partial charge in [-0.05, 0) is 30.0 Å². The first-order chi connectivity index (χ1) is 10.1. The zero-order chi connectivity index (χ0) is 15.7. The Morgan fingerprint density at radius 2 is 2.05 bits per heavy atom. The van der Waals surface area contributed by atoms with Gasteiger partial charge in [-0.25, -0.2) is 0 Å². The van der Waals surface area contributed by atoms with E-state index in [0.717, 1.165) is 5.75 Å². The molecular weight excluding hydrogens is 288 g/mol. The van der Waals surface area contributed by atoms with Crippen LogP contribution in [0.25, 0.3) is 0 Å². The van der Waals surface area contributed by atoms with E-state index in [1.807, 2.05) is 6.92 Å². The number of ether oxygens (including phenoxy) is 1. The molecule has 1 aromatic rings. The highest BCUT2D eigenvalue weighted by Gasteiger charge is 2.25. The summed E-state index contributed by atoms with van der Waals surface area (Å²) in [5.74, 6) is 0.00646. The number of rotatable bonds is 8. The number of amides is 1. The number of ketones is 1. The maximum Gasteiger partial charge on any atom is 0.249 e. The number of anilines is 1. The number of carbonyl (C=O) groups excluding carboxylic acids is 2. The summed E-state index contributed by atoms with van der Waals surface area (Å²) < 4.78 is 5.01. The lowest BCUT2D eigenvalue weighted by Gasteiger charge is -2.10. The molecule has 1 aromatic carbocycles. The van der Waals surface area contributed by atoms with Crippen molar-refractivity contribution in [2.45, 2.75) is 13.3 Å². The Balaban J connectivity index is 2.62. The Hall–Kier alpha value is -2.00. The lowest BCUT2D eigenvalue weighted by molar-refractivity contribution is -0.128. The Morgan fingerprint density at radius 3 is 2.57 bits per heavy atom. The Labute approximate surface area is 128 Å². The largest absolute Gasteiger partial charge is 0.497 e. The minimum atomic E-state index is -1.26. The standard InChI is InChI=1S/C15H18N2O3S/c1-3-21-9-8-14(18)13(10-16)15(19)17-11-4-6-12(20-2)7-5-11/h4-7,13H,3,8-9H2,1-2H3,(H,17,19). The zero-order valence-corrected chi connectivity index (χ0v) is 12.9. The van der Waals surface area contributed by atoms with Gasteiger partial charge in [0.05, 0.1) is 13.2 Å². The first-order valence-electron chi connectivity index (χ1n) is 6.57. The molecule has 1 rings (SSSR count). The molecule has 0 fully saturated rings. The van der Waals surface area contributed by atoms with Gasteiger partial charge >= 0.3 is 0 Å². The number of methoxy groups -OCH3 is 1. The average Bonchev–Trinajstić information content (AvgIpc) is 2.49. The first-order valence-corrected chi connectivity index (χ1v) is 7.72. The molecule has 0 heterocycles. The van der Waals surface area contributed by atoms with Crippen LogP contribution in [0.4, 0.5) is 5.69 Å². The summed E-state index contributed by atoms with van der Waals surface area (Å²) in [6.45, 7) is 1.99. The zero-order valence-electron chi connectivity index (χ0n) is 12.1. The van der Waals surface area contributed by atoms with Gasteiger partial charge in [0, 0.05) is 17.9 Å². The fraction of sp³-hybridized carbons (Fsp3) is 0.400. The lowest BCUT2D eigenvalue weighted by atomic mass is 10.0. The van der Waals surface area contributed by atoms with E-state index in [4.69, 9.17) is 10.00 Å². The minimum Gasteiger partial charge on any atom is -0.497 e. The molecule has 6 heteroatoms. The van der Waals surface area contributed by atoms with E-state index in [-0.39, 0.29) is 12.2 Å². The molecule has 0 saturated carbocycles. The molecule has 1 atom stereocenters. The van der Waals surface area contributed by atoms with Crippen molar-refractivity contribution in [2.75, 3.05) is 23.9 Å². The number of benzene rings is 1. The summed E-state index contributed by atoms with van der Waals surface area (Å²) in [6, 6.07) is 8.47. The van der Waals surface area contributed by atoms with E-state index in [1.165, 1.54) is 0 Å². The van der Waals surface area contributed by atoms with Crippen molar-refractivity contribution in [2.24, 2.45) is 5.92 Å². The topological polar surface area (TPSA) is 79.2 Å². The van der Waals surface area contributed by atoms with Gasteiger partial charge in [0.15, 0.2) is 11.7 Å². The van der Waals surface area contributed by atoms with Crippen LogP contribution in [-0.2, 0) is 9.59 Å². The molecule has 0 saturated heterocycles. The highest BCUT2D eigenvalue weighted by atomic mass is 32.2. The van der Waals surface area contributed by atoms with Gasteiger partial charge in [0.2, 0.25) is 5.91 Å².